The normalized spacial score (nSPS) is 10.0. The SMILES string of the molecule is CNC(=O)c1ccc(NCC(=O)NCCOc2ccccc2)cc1Cl. The molecule has 2 aromatic rings. The first-order valence-corrected chi connectivity index (χ1v) is 8.18. The third-order valence-corrected chi connectivity index (χ3v) is 3.64. The smallest absolute Gasteiger partial charge is 0.252 e. The van der Waals surface area contributed by atoms with Crippen molar-refractivity contribution in [3.05, 3.63) is 59.1 Å². The van der Waals surface area contributed by atoms with E-state index in [1.807, 2.05) is 30.3 Å². The molecule has 6 nitrogen and oxygen atoms in total. The molecule has 25 heavy (non-hydrogen) atoms. The van der Waals surface area contributed by atoms with Gasteiger partial charge in [-0.2, -0.15) is 0 Å². The van der Waals surface area contributed by atoms with Gasteiger partial charge in [-0.05, 0) is 30.3 Å². The molecule has 0 aliphatic rings. The highest BCUT2D eigenvalue weighted by Crippen LogP contribution is 2.20. The Morgan fingerprint density at radius 3 is 2.56 bits per heavy atom. The van der Waals surface area contributed by atoms with Crippen LogP contribution in [0.25, 0.3) is 0 Å². The van der Waals surface area contributed by atoms with Gasteiger partial charge in [0.05, 0.1) is 23.7 Å². The van der Waals surface area contributed by atoms with Gasteiger partial charge in [-0.1, -0.05) is 29.8 Å². The zero-order valence-corrected chi connectivity index (χ0v) is 14.6. The lowest BCUT2D eigenvalue weighted by molar-refractivity contribution is -0.119. The van der Waals surface area contributed by atoms with Crippen LogP contribution >= 0.6 is 11.6 Å². The fourth-order valence-electron chi connectivity index (χ4n) is 2.06. The maximum absolute atomic E-state index is 11.8. The molecule has 0 aliphatic heterocycles. The number of para-hydroxylation sites is 1. The van der Waals surface area contributed by atoms with Crippen molar-refractivity contribution < 1.29 is 14.3 Å². The lowest BCUT2D eigenvalue weighted by atomic mass is 10.2. The van der Waals surface area contributed by atoms with Crippen LogP contribution in [-0.2, 0) is 4.79 Å². The summed E-state index contributed by atoms with van der Waals surface area (Å²) in [4.78, 5) is 23.4. The molecule has 0 saturated heterocycles. The zero-order valence-electron chi connectivity index (χ0n) is 13.8. The fourth-order valence-corrected chi connectivity index (χ4v) is 2.33. The number of anilines is 1. The number of carbonyl (C=O) groups is 2. The summed E-state index contributed by atoms with van der Waals surface area (Å²) >= 11 is 6.06. The predicted octanol–water partition coefficient (Wildman–Crippen LogP) is 2.31. The van der Waals surface area contributed by atoms with E-state index in [2.05, 4.69) is 16.0 Å². The van der Waals surface area contributed by atoms with Crippen LogP contribution in [0.4, 0.5) is 5.69 Å². The average Bonchev–Trinajstić information content (AvgIpc) is 2.64. The van der Waals surface area contributed by atoms with Gasteiger partial charge < -0.3 is 20.7 Å². The van der Waals surface area contributed by atoms with Gasteiger partial charge in [0.25, 0.3) is 5.91 Å². The van der Waals surface area contributed by atoms with Crippen LogP contribution in [0.15, 0.2) is 48.5 Å². The minimum atomic E-state index is -0.257. The van der Waals surface area contributed by atoms with Gasteiger partial charge in [0.15, 0.2) is 0 Å². The first-order valence-electron chi connectivity index (χ1n) is 7.80. The number of ether oxygens (including phenoxy) is 1. The summed E-state index contributed by atoms with van der Waals surface area (Å²) in [5, 5.41) is 8.54. The van der Waals surface area contributed by atoms with E-state index in [0.717, 1.165) is 5.75 Å². The van der Waals surface area contributed by atoms with Gasteiger partial charge in [-0.25, -0.2) is 0 Å². The van der Waals surface area contributed by atoms with Crippen LogP contribution in [0.1, 0.15) is 10.4 Å². The molecule has 0 atom stereocenters. The quantitative estimate of drug-likeness (QED) is 0.630. The van der Waals surface area contributed by atoms with Crippen LogP contribution < -0.4 is 20.7 Å². The summed E-state index contributed by atoms with van der Waals surface area (Å²) < 4.78 is 5.49. The number of nitrogens with one attached hydrogen (secondary N) is 3. The molecule has 0 aromatic heterocycles. The van der Waals surface area contributed by atoms with Gasteiger partial charge >= 0.3 is 0 Å². The van der Waals surface area contributed by atoms with Crippen molar-refractivity contribution in [3.63, 3.8) is 0 Å². The van der Waals surface area contributed by atoms with E-state index < -0.39 is 0 Å². The van der Waals surface area contributed by atoms with Crippen molar-refractivity contribution in [2.75, 3.05) is 32.1 Å². The molecule has 0 aliphatic carbocycles. The number of hydrogen-bond acceptors (Lipinski definition) is 4. The third-order valence-electron chi connectivity index (χ3n) is 3.33. The molecular weight excluding hydrogens is 342 g/mol. The molecule has 2 rings (SSSR count). The summed E-state index contributed by atoms with van der Waals surface area (Å²) in [7, 11) is 1.54. The molecule has 2 aromatic carbocycles. The largest absolute Gasteiger partial charge is 0.492 e. The number of benzene rings is 2. The number of amides is 2. The summed E-state index contributed by atoms with van der Waals surface area (Å²) in [6, 6.07) is 14.3. The summed E-state index contributed by atoms with van der Waals surface area (Å²) in [5.41, 5.74) is 1.05. The molecule has 0 unspecified atom stereocenters. The van der Waals surface area contributed by atoms with E-state index in [0.29, 0.717) is 29.4 Å². The van der Waals surface area contributed by atoms with E-state index >= 15 is 0 Å². The maximum atomic E-state index is 11.8. The van der Waals surface area contributed by atoms with E-state index in [-0.39, 0.29) is 18.4 Å². The van der Waals surface area contributed by atoms with Crippen LogP contribution in [0.2, 0.25) is 5.02 Å². The Morgan fingerprint density at radius 1 is 1.12 bits per heavy atom. The van der Waals surface area contributed by atoms with Crippen molar-refractivity contribution in [1.29, 1.82) is 0 Å². The van der Waals surface area contributed by atoms with Crippen molar-refractivity contribution in [2.24, 2.45) is 0 Å². The molecule has 0 radical (unpaired) electrons. The number of rotatable bonds is 8. The molecule has 0 spiro atoms. The number of hydrogen-bond donors (Lipinski definition) is 3. The Morgan fingerprint density at radius 2 is 1.88 bits per heavy atom. The standard InChI is InChI=1S/C18H20ClN3O3/c1-20-18(24)15-8-7-13(11-16(15)19)22-12-17(23)21-9-10-25-14-5-3-2-4-6-14/h2-8,11,22H,9-10,12H2,1H3,(H,20,24)(H,21,23). The fraction of sp³-hybridized carbons (Fsp3) is 0.222. The Kier molecular flexibility index (Phi) is 7.10. The molecule has 2 amide bonds. The summed E-state index contributed by atoms with van der Waals surface area (Å²) in [6.07, 6.45) is 0. The Labute approximate surface area is 151 Å². The Bertz CT molecular complexity index is 723. The van der Waals surface area contributed by atoms with Crippen molar-refractivity contribution in [2.45, 2.75) is 0 Å². The molecule has 0 bridgehead atoms. The zero-order chi connectivity index (χ0) is 18.1. The number of halogens is 1. The second-order valence-corrected chi connectivity index (χ2v) is 5.55. The Hall–Kier alpha value is -2.73. The maximum Gasteiger partial charge on any atom is 0.252 e. The van der Waals surface area contributed by atoms with E-state index in [9.17, 15) is 9.59 Å². The highest BCUT2D eigenvalue weighted by Gasteiger charge is 2.09. The summed E-state index contributed by atoms with van der Waals surface area (Å²) in [6.45, 7) is 0.898. The summed E-state index contributed by atoms with van der Waals surface area (Å²) in [5.74, 6) is 0.344. The molecule has 0 heterocycles. The lowest BCUT2D eigenvalue weighted by Gasteiger charge is -2.10. The van der Waals surface area contributed by atoms with Gasteiger partial charge in [-0.15, -0.1) is 0 Å². The molecule has 0 saturated carbocycles. The molecular formula is C18H20ClN3O3. The number of carbonyl (C=O) groups excluding carboxylic acids is 2. The minimum Gasteiger partial charge on any atom is -0.492 e. The monoisotopic (exact) mass is 361 g/mol. The van der Waals surface area contributed by atoms with Gasteiger partial charge in [0, 0.05) is 12.7 Å². The second-order valence-electron chi connectivity index (χ2n) is 5.14. The molecule has 3 N–H and O–H groups in total. The minimum absolute atomic E-state index is 0.0982. The van der Waals surface area contributed by atoms with Gasteiger partial charge in [-0.3, -0.25) is 9.59 Å². The van der Waals surface area contributed by atoms with E-state index in [1.54, 1.807) is 18.2 Å². The molecule has 0 fully saturated rings. The molecule has 7 heteroatoms. The third kappa shape index (κ3) is 6.00. The van der Waals surface area contributed by atoms with E-state index in [4.69, 9.17) is 16.3 Å². The highest BCUT2D eigenvalue weighted by atomic mass is 35.5. The van der Waals surface area contributed by atoms with Gasteiger partial charge in [0.1, 0.15) is 12.4 Å². The van der Waals surface area contributed by atoms with Gasteiger partial charge in [0.2, 0.25) is 5.91 Å². The second kappa shape index (κ2) is 9.54. The van der Waals surface area contributed by atoms with E-state index in [1.165, 1.54) is 7.05 Å². The van der Waals surface area contributed by atoms with Crippen LogP contribution in [0.5, 0.6) is 5.75 Å². The Balaban J connectivity index is 1.71. The van der Waals surface area contributed by atoms with Crippen LogP contribution in [-0.4, -0.2) is 38.6 Å². The van der Waals surface area contributed by atoms with Crippen molar-refractivity contribution >= 4 is 29.1 Å². The first-order chi connectivity index (χ1) is 12.1. The van der Waals surface area contributed by atoms with Crippen molar-refractivity contribution in [1.82, 2.24) is 10.6 Å². The lowest BCUT2D eigenvalue weighted by Crippen LogP contribution is -2.33. The van der Waals surface area contributed by atoms with Crippen LogP contribution in [0.3, 0.4) is 0 Å². The van der Waals surface area contributed by atoms with Crippen molar-refractivity contribution in [3.8, 4) is 5.75 Å². The van der Waals surface area contributed by atoms with Crippen LogP contribution in [0, 0.1) is 0 Å². The molecule has 132 valence electrons. The predicted molar refractivity (Wildman–Crippen MR) is 98.3 cm³/mol. The topological polar surface area (TPSA) is 79.5 Å². The highest BCUT2D eigenvalue weighted by molar-refractivity contribution is 6.34. The first kappa shape index (κ1) is 18.6. The average molecular weight is 362 g/mol.